The molecular weight excluding hydrogens is 544 g/mol. The van der Waals surface area contributed by atoms with Crippen molar-refractivity contribution in [1.29, 1.82) is 0 Å². The van der Waals surface area contributed by atoms with Gasteiger partial charge in [0.1, 0.15) is 19.0 Å². The standard InChI is InChI=1S/C31H52O9Si/c1-18(2)15-23(32)38-28-24-19(3)29(33)39-27(24)26(40-41(11,12)30(5,6)7)20(4)25-21(35-10)16-22(31(25,28)8)37-17-36-14-13-34-9/h15,20-22,24-28H,3,13-14,16-17H2,1-2,4-12H3/t20-,21-,22+,24+,25+,26+,27-,28-,31+/m0/s1. The van der Waals surface area contributed by atoms with E-state index in [1.165, 1.54) is 6.08 Å². The van der Waals surface area contributed by atoms with E-state index in [2.05, 4.69) is 54.3 Å². The summed E-state index contributed by atoms with van der Waals surface area (Å²) < 4.78 is 42.8. The lowest BCUT2D eigenvalue weighted by Crippen LogP contribution is -2.52. The second-order valence-corrected chi connectivity index (χ2v) is 18.5. The molecular formula is C31H52O9Si. The number of methoxy groups -OCH3 is 2. The van der Waals surface area contributed by atoms with Gasteiger partial charge in [0.15, 0.2) is 8.32 Å². The van der Waals surface area contributed by atoms with Crippen LogP contribution in [0.3, 0.4) is 0 Å². The lowest BCUT2D eigenvalue weighted by atomic mass is 9.66. The van der Waals surface area contributed by atoms with Gasteiger partial charge in [-0.15, -0.1) is 0 Å². The molecule has 0 aromatic heterocycles. The molecule has 3 rings (SSSR count). The summed E-state index contributed by atoms with van der Waals surface area (Å²) in [4.78, 5) is 26.4. The Morgan fingerprint density at radius 1 is 1.20 bits per heavy atom. The van der Waals surface area contributed by atoms with Crippen LogP contribution in [-0.4, -0.2) is 85.0 Å². The Morgan fingerprint density at radius 3 is 2.41 bits per heavy atom. The molecule has 9 atom stereocenters. The Kier molecular flexibility index (Phi) is 10.7. The fourth-order valence-electron chi connectivity index (χ4n) is 6.74. The van der Waals surface area contributed by atoms with Gasteiger partial charge in [0.25, 0.3) is 0 Å². The van der Waals surface area contributed by atoms with Crippen molar-refractivity contribution in [2.24, 2.45) is 23.2 Å². The zero-order valence-corrected chi connectivity index (χ0v) is 27.9. The van der Waals surface area contributed by atoms with Crippen molar-refractivity contribution in [3.8, 4) is 0 Å². The van der Waals surface area contributed by atoms with Crippen molar-refractivity contribution >= 4 is 20.3 Å². The molecule has 0 bridgehead atoms. The lowest BCUT2D eigenvalue weighted by Gasteiger charge is -2.45. The number of hydrogen-bond acceptors (Lipinski definition) is 9. The molecule has 3 aliphatic rings. The van der Waals surface area contributed by atoms with Crippen molar-refractivity contribution in [2.75, 3.05) is 34.2 Å². The minimum Gasteiger partial charge on any atom is -0.458 e. The van der Waals surface area contributed by atoms with Gasteiger partial charge in [-0.1, -0.05) is 46.8 Å². The van der Waals surface area contributed by atoms with Gasteiger partial charge in [-0.05, 0) is 37.9 Å². The highest BCUT2D eigenvalue weighted by Crippen LogP contribution is 2.60. The van der Waals surface area contributed by atoms with Crippen LogP contribution in [-0.2, 0) is 42.4 Å². The van der Waals surface area contributed by atoms with Gasteiger partial charge in [-0.25, -0.2) is 9.59 Å². The van der Waals surface area contributed by atoms with Gasteiger partial charge in [-0.2, -0.15) is 0 Å². The van der Waals surface area contributed by atoms with Crippen LogP contribution in [0, 0.1) is 23.2 Å². The normalized spacial score (nSPS) is 35.4. The largest absolute Gasteiger partial charge is 0.458 e. The third-order valence-corrected chi connectivity index (χ3v) is 14.3. The van der Waals surface area contributed by atoms with Crippen molar-refractivity contribution in [3.63, 3.8) is 0 Å². The Labute approximate surface area is 247 Å². The smallest absolute Gasteiger partial charge is 0.334 e. The molecule has 0 aromatic carbocycles. The number of carbonyl (C=O) groups excluding carboxylic acids is 2. The Hall–Kier alpha value is -1.56. The molecule has 2 aliphatic carbocycles. The highest BCUT2D eigenvalue weighted by molar-refractivity contribution is 6.74. The first-order valence-corrected chi connectivity index (χ1v) is 17.6. The maximum absolute atomic E-state index is 13.3. The van der Waals surface area contributed by atoms with Crippen LogP contribution in [0.1, 0.15) is 54.9 Å². The molecule has 1 heterocycles. The molecule has 41 heavy (non-hydrogen) atoms. The van der Waals surface area contributed by atoms with E-state index < -0.39 is 56.0 Å². The number of allylic oxidation sites excluding steroid dienone is 1. The molecule has 0 N–H and O–H groups in total. The fraction of sp³-hybridized carbons (Fsp3) is 0.806. The summed E-state index contributed by atoms with van der Waals surface area (Å²) in [6.07, 6.45) is -0.466. The SMILES string of the molecule is C=C1C(=O)O[C@@H]2[C@H](O[Si](C)(C)C(C)(C)C)[C@@H](C)[C@@H]3[C@@H](OC)C[C@@H](OCOCCOC)[C@@]3(C)[C@@H](OC(=O)C=C(C)C)[C@H]12. The molecule has 1 aliphatic heterocycles. The van der Waals surface area contributed by atoms with Gasteiger partial charge >= 0.3 is 11.9 Å². The minimum atomic E-state index is -2.33. The molecule has 0 unspecified atom stereocenters. The molecule has 234 valence electrons. The van der Waals surface area contributed by atoms with Crippen LogP contribution >= 0.6 is 0 Å². The predicted molar refractivity (Wildman–Crippen MR) is 158 cm³/mol. The fourth-order valence-corrected chi connectivity index (χ4v) is 8.12. The zero-order chi connectivity index (χ0) is 30.9. The molecule has 0 spiro atoms. The number of ether oxygens (including phenoxy) is 6. The topological polar surface area (TPSA) is 98.8 Å². The van der Waals surface area contributed by atoms with Crippen LogP contribution in [0.5, 0.6) is 0 Å². The average Bonchev–Trinajstić information content (AvgIpc) is 3.30. The van der Waals surface area contributed by atoms with Crippen LogP contribution in [0.2, 0.25) is 18.1 Å². The minimum absolute atomic E-state index is 0.0458. The van der Waals surface area contributed by atoms with E-state index in [1.807, 2.05) is 13.8 Å². The van der Waals surface area contributed by atoms with E-state index in [-0.39, 0.29) is 29.8 Å². The summed E-state index contributed by atoms with van der Waals surface area (Å²) in [6.45, 7) is 23.9. The molecule has 0 radical (unpaired) electrons. The Bertz CT molecular complexity index is 998. The van der Waals surface area contributed by atoms with Gasteiger partial charge in [0.2, 0.25) is 0 Å². The number of hydrogen-bond donors (Lipinski definition) is 0. The van der Waals surface area contributed by atoms with Gasteiger partial charge in [0, 0.05) is 43.6 Å². The van der Waals surface area contributed by atoms with Crippen molar-refractivity contribution < 1.29 is 42.4 Å². The molecule has 9 nitrogen and oxygen atoms in total. The summed E-state index contributed by atoms with van der Waals surface area (Å²) in [5.74, 6) is -1.84. The first kappa shape index (κ1) is 33.9. The third-order valence-electron chi connectivity index (χ3n) is 9.84. The predicted octanol–water partition coefficient (Wildman–Crippen LogP) is 5.05. The third kappa shape index (κ3) is 6.67. The molecule has 2 saturated carbocycles. The van der Waals surface area contributed by atoms with E-state index in [0.717, 1.165) is 5.57 Å². The van der Waals surface area contributed by atoms with Crippen molar-refractivity contribution in [3.05, 3.63) is 23.8 Å². The Morgan fingerprint density at radius 2 is 1.85 bits per heavy atom. The lowest BCUT2D eigenvalue weighted by molar-refractivity contribution is -0.183. The summed E-state index contributed by atoms with van der Waals surface area (Å²) in [5, 5.41) is -0.0751. The molecule has 10 heteroatoms. The number of esters is 2. The quantitative estimate of drug-likeness (QED) is 0.107. The van der Waals surface area contributed by atoms with E-state index in [4.69, 9.17) is 32.8 Å². The number of carbonyl (C=O) groups is 2. The van der Waals surface area contributed by atoms with Gasteiger partial charge in [0.05, 0.1) is 37.4 Å². The Balaban J connectivity index is 2.17. The molecule has 1 saturated heterocycles. The van der Waals surface area contributed by atoms with Crippen LogP contribution in [0.4, 0.5) is 0 Å². The molecule has 3 fully saturated rings. The maximum atomic E-state index is 13.3. The van der Waals surface area contributed by atoms with Gasteiger partial charge < -0.3 is 32.8 Å². The van der Waals surface area contributed by atoms with E-state index >= 15 is 0 Å². The van der Waals surface area contributed by atoms with E-state index in [1.54, 1.807) is 14.2 Å². The highest BCUT2D eigenvalue weighted by Gasteiger charge is 2.69. The summed E-state index contributed by atoms with van der Waals surface area (Å²) in [6, 6.07) is 0. The van der Waals surface area contributed by atoms with Crippen LogP contribution in [0.25, 0.3) is 0 Å². The van der Waals surface area contributed by atoms with Crippen LogP contribution in [0.15, 0.2) is 23.8 Å². The first-order valence-electron chi connectivity index (χ1n) is 14.6. The second kappa shape index (κ2) is 13.0. The number of fused-ring (bicyclic) bond motifs is 2. The maximum Gasteiger partial charge on any atom is 0.334 e. The molecule has 0 aromatic rings. The van der Waals surface area contributed by atoms with Gasteiger partial charge in [-0.3, -0.25) is 0 Å². The van der Waals surface area contributed by atoms with Crippen molar-refractivity contribution in [2.45, 2.75) is 104 Å². The first-order chi connectivity index (χ1) is 19.0. The highest BCUT2D eigenvalue weighted by atomic mass is 28.4. The van der Waals surface area contributed by atoms with E-state index in [9.17, 15) is 9.59 Å². The number of rotatable bonds is 11. The monoisotopic (exact) mass is 596 g/mol. The second-order valence-electron chi connectivity index (χ2n) is 13.8. The molecule has 0 amide bonds. The average molecular weight is 597 g/mol. The summed E-state index contributed by atoms with van der Waals surface area (Å²) in [5.41, 5.74) is 0.327. The van der Waals surface area contributed by atoms with E-state index in [0.29, 0.717) is 25.2 Å². The summed E-state index contributed by atoms with van der Waals surface area (Å²) >= 11 is 0. The zero-order valence-electron chi connectivity index (χ0n) is 26.9. The summed E-state index contributed by atoms with van der Waals surface area (Å²) in [7, 11) is 0.988. The van der Waals surface area contributed by atoms with Crippen LogP contribution < -0.4 is 0 Å². The van der Waals surface area contributed by atoms with Crippen molar-refractivity contribution in [1.82, 2.24) is 0 Å².